The van der Waals surface area contributed by atoms with Crippen LogP contribution in [0.3, 0.4) is 0 Å². The van der Waals surface area contributed by atoms with Gasteiger partial charge in [-0.15, -0.1) is 11.3 Å². The fraction of sp³-hybridized carbons (Fsp3) is 0.462. The van der Waals surface area contributed by atoms with Crippen molar-refractivity contribution in [3.8, 4) is 6.07 Å². The Morgan fingerprint density at radius 2 is 2.44 bits per heavy atom. The fourth-order valence-electron chi connectivity index (χ4n) is 2.55. The van der Waals surface area contributed by atoms with Crippen molar-refractivity contribution in [2.24, 2.45) is 5.92 Å². The maximum atomic E-state index is 12.1. The number of aromatic amines is 1. The van der Waals surface area contributed by atoms with Crippen LogP contribution in [0.25, 0.3) is 10.2 Å². The fourth-order valence-corrected chi connectivity index (χ4v) is 3.95. The number of H-pyrrole nitrogens is 1. The Balaban J connectivity index is 2.23. The van der Waals surface area contributed by atoms with Crippen molar-refractivity contribution in [2.75, 3.05) is 0 Å². The van der Waals surface area contributed by atoms with Gasteiger partial charge in [0.05, 0.1) is 17.9 Å². The minimum absolute atomic E-state index is 0.0858. The topological polar surface area (TPSA) is 69.5 Å². The van der Waals surface area contributed by atoms with E-state index in [1.807, 2.05) is 6.07 Å². The monoisotopic (exact) mass is 259 g/mol. The summed E-state index contributed by atoms with van der Waals surface area (Å²) in [6, 6.07) is 2.02. The van der Waals surface area contributed by atoms with Gasteiger partial charge >= 0.3 is 0 Å². The second-order valence-electron chi connectivity index (χ2n) is 4.88. The maximum Gasteiger partial charge on any atom is 0.259 e. The molecule has 0 fully saturated rings. The Morgan fingerprint density at radius 1 is 1.61 bits per heavy atom. The van der Waals surface area contributed by atoms with E-state index in [1.54, 1.807) is 11.3 Å². The van der Waals surface area contributed by atoms with Gasteiger partial charge in [0.1, 0.15) is 10.7 Å². The molecular weight excluding hydrogens is 246 g/mol. The quantitative estimate of drug-likeness (QED) is 0.853. The summed E-state index contributed by atoms with van der Waals surface area (Å²) in [6.07, 6.45) is 3.31. The second kappa shape index (κ2) is 4.21. The highest BCUT2D eigenvalue weighted by molar-refractivity contribution is 7.18. The van der Waals surface area contributed by atoms with Crippen molar-refractivity contribution in [1.82, 2.24) is 9.97 Å². The van der Waals surface area contributed by atoms with Crippen LogP contribution in [0.2, 0.25) is 0 Å². The normalized spacial score (nSPS) is 18.6. The van der Waals surface area contributed by atoms with E-state index in [2.05, 4.69) is 16.9 Å². The summed E-state index contributed by atoms with van der Waals surface area (Å²) in [5, 5.41) is 9.42. The van der Waals surface area contributed by atoms with E-state index >= 15 is 0 Å². The van der Waals surface area contributed by atoms with Crippen LogP contribution in [0.1, 0.15) is 29.6 Å². The lowest BCUT2D eigenvalue weighted by atomic mass is 9.89. The number of fused-ring (bicyclic) bond motifs is 3. The number of nitrogens with one attached hydrogen (secondary N) is 1. The summed E-state index contributed by atoms with van der Waals surface area (Å²) < 4.78 is 0. The van der Waals surface area contributed by atoms with Crippen LogP contribution in [0.15, 0.2) is 4.79 Å². The molecule has 0 unspecified atom stereocenters. The number of hydrogen-bond donors (Lipinski definition) is 1. The zero-order valence-electron chi connectivity index (χ0n) is 10.1. The number of hydrogen-bond acceptors (Lipinski definition) is 4. The molecule has 0 bridgehead atoms. The van der Waals surface area contributed by atoms with E-state index in [-0.39, 0.29) is 12.0 Å². The second-order valence-corrected chi connectivity index (χ2v) is 5.96. The minimum atomic E-state index is -0.0858. The molecule has 2 aromatic heterocycles. The SMILES string of the molecule is C[C@H]1CCc2c(sc3nc(CC#N)[nH]c(=O)c23)C1. The first-order valence-electron chi connectivity index (χ1n) is 6.09. The van der Waals surface area contributed by atoms with Crippen LogP contribution in [0.4, 0.5) is 0 Å². The van der Waals surface area contributed by atoms with Crippen LogP contribution in [-0.4, -0.2) is 9.97 Å². The third-order valence-corrected chi connectivity index (χ3v) is 4.61. The molecule has 0 saturated heterocycles. The number of aryl methyl sites for hydroxylation is 1. The van der Waals surface area contributed by atoms with Crippen molar-refractivity contribution >= 4 is 21.6 Å². The van der Waals surface area contributed by atoms with Crippen molar-refractivity contribution in [3.05, 3.63) is 26.6 Å². The number of thiophene rings is 1. The molecule has 1 aliphatic carbocycles. The van der Waals surface area contributed by atoms with Crippen molar-refractivity contribution < 1.29 is 0 Å². The van der Waals surface area contributed by atoms with Crippen molar-refractivity contribution in [2.45, 2.75) is 32.6 Å². The highest BCUT2D eigenvalue weighted by atomic mass is 32.1. The van der Waals surface area contributed by atoms with Gasteiger partial charge in [-0.25, -0.2) is 4.98 Å². The molecule has 1 atom stereocenters. The molecule has 0 aromatic carbocycles. The molecule has 0 amide bonds. The Kier molecular flexibility index (Phi) is 2.67. The van der Waals surface area contributed by atoms with Crippen LogP contribution in [-0.2, 0) is 19.3 Å². The lowest BCUT2D eigenvalue weighted by Gasteiger charge is -2.17. The van der Waals surface area contributed by atoms with Crippen LogP contribution in [0, 0.1) is 17.2 Å². The lowest BCUT2D eigenvalue weighted by Crippen LogP contribution is -2.14. The van der Waals surface area contributed by atoms with Gasteiger partial charge in [-0.05, 0) is 30.7 Å². The van der Waals surface area contributed by atoms with E-state index < -0.39 is 0 Å². The van der Waals surface area contributed by atoms with Gasteiger partial charge in [0, 0.05) is 4.88 Å². The molecular formula is C13H13N3OS. The molecule has 0 spiro atoms. The number of aromatic nitrogens is 2. The first kappa shape index (κ1) is 11.4. The molecule has 3 rings (SSSR count). The Hall–Kier alpha value is -1.67. The van der Waals surface area contributed by atoms with Gasteiger partial charge in [0.15, 0.2) is 0 Å². The molecule has 1 N–H and O–H groups in total. The number of nitrogens with zero attached hydrogens (tertiary/aromatic N) is 2. The zero-order valence-corrected chi connectivity index (χ0v) is 10.9. The molecule has 2 aromatic rings. The van der Waals surface area contributed by atoms with E-state index in [4.69, 9.17) is 5.26 Å². The van der Waals surface area contributed by atoms with Gasteiger partial charge in [-0.3, -0.25) is 4.79 Å². The average molecular weight is 259 g/mol. The highest BCUT2D eigenvalue weighted by Gasteiger charge is 2.22. The molecule has 92 valence electrons. The summed E-state index contributed by atoms with van der Waals surface area (Å²) in [7, 11) is 0. The molecule has 0 aliphatic heterocycles. The maximum absolute atomic E-state index is 12.1. The minimum Gasteiger partial charge on any atom is -0.309 e. The van der Waals surface area contributed by atoms with E-state index in [1.165, 1.54) is 10.4 Å². The molecule has 18 heavy (non-hydrogen) atoms. The summed E-state index contributed by atoms with van der Waals surface area (Å²) in [4.78, 5) is 21.3. The number of rotatable bonds is 1. The predicted molar refractivity (Wildman–Crippen MR) is 70.7 cm³/mol. The smallest absolute Gasteiger partial charge is 0.259 e. The summed E-state index contributed by atoms with van der Waals surface area (Å²) >= 11 is 1.62. The van der Waals surface area contributed by atoms with Gasteiger partial charge in [0.25, 0.3) is 5.56 Å². The summed E-state index contributed by atoms with van der Waals surface area (Å²) in [6.45, 7) is 2.24. The lowest BCUT2D eigenvalue weighted by molar-refractivity contribution is 0.509. The van der Waals surface area contributed by atoms with Gasteiger partial charge in [-0.2, -0.15) is 5.26 Å². The molecule has 1 aliphatic rings. The van der Waals surface area contributed by atoms with Crippen LogP contribution < -0.4 is 5.56 Å². The van der Waals surface area contributed by atoms with Crippen molar-refractivity contribution in [1.29, 1.82) is 5.26 Å². The molecule has 5 heteroatoms. The zero-order chi connectivity index (χ0) is 12.7. The average Bonchev–Trinajstić information content (AvgIpc) is 2.66. The van der Waals surface area contributed by atoms with Crippen LogP contribution >= 0.6 is 11.3 Å². The van der Waals surface area contributed by atoms with E-state index in [9.17, 15) is 4.79 Å². The van der Waals surface area contributed by atoms with Crippen molar-refractivity contribution in [3.63, 3.8) is 0 Å². The number of nitriles is 1. The summed E-state index contributed by atoms with van der Waals surface area (Å²) in [5.41, 5.74) is 1.10. The summed E-state index contributed by atoms with van der Waals surface area (Å²) in [5.74, 6) is 1.16. The highest BCUT2D eigenvalue weighted by Crippen LogP contribution is 2.35. The standard InChI is InChI=1S/C13H13N3OS/c1-7-2-3-8-9(6-7)18-13-11(8)12(17)15-10(16-13)4-5-14/h7H,2-4,6H2,1H3,(H,15,16,17)/t7-/m0/s1. The first-order chi connectivity index (χ1) is 8.69. The predicted octanol–water partition coefficient (Wildman–Crippen LogP) is 2.18. The largest absolute Gasteiger partial charge is 0.309 e. The van der Waals surface area contributed by atoms with Gasteiger partial charge < -0.3 is 4.98 Å². The Labute approximate surface area is 108 Å². The third kappa shape index (κ3) is 1.73. The molecule has 0 saturated carbocycles. The molecule has 2 heterocycles. The third-order valence-electron chi connectivity index (χ3n) is 3.46. The Morgan fingerprint density at radius 3 is 3.22 bits per heavy atom. The first-order valence-corrected chi connectivity index (χ1v) is 6.91. The van der Waals surface area contributed by atoms with Gasteiger partial charge in [0.2, 0.25) is 0 Å². The molecule has 0 radical (unpaired) electrons. The Bertz CT molecular complexity index is 707. The van der Waals surface area contributed by atoms with E-state index in [0.717, 1.165) is 29.5 Å². The van der Waals surface area contributed by atoms with E-state index in [0.29, 0.717) is 11.7 Å². The van der Waals surface area contributed by atoms with Gasteiger partial charge in [-0.1, -0.05) is 6.92 Å². The van der Waals surface area contributed by atoms with Crippen LogP contribution in [0.5, 0.6) is 0 Å². The molecule has 4 nitrogen and oxygen atoms in total.